The van der Waals surface area contributed by atoms with E-state index in [0.29, 0.717) is 30.4 Å². The van der Waals surface area contributed by atoms with Crippen LogP contribution in [-0.4, -0.2) is 53.0 Å². The molecule has 1 fully saturated rings. The van der Waals surface area contributed by atoms with Crippen molar-refractivity contribution in [2.45, 2.75) is 13.8 Å². The third-order valence-corrected chi connectivity index (χ3v) is 3.94. The maximum atomic E-state index is 12.1. The quantitative estimate of drug-likeness (QED) is 0.912. The van der Waals surface area contributed by atoms with Gasteiger partial charge in [-0.2, -0.15) is 0 Å². The number of hydrogen-bond acceptors (Lipinski definition) is 6. The Morgan fingerprint density at radius 3 is 2.50 bits per heavy atom. The predicted octanol–water partition coefficient (Wildman–Crippen LogP) is 1.30. The average molecular weight is 329 g/mol. The van der Waals surface area contributed by atoms with Crippen LogP contribution in [0.15, 0.2) is 28.9 Å². The van der Waals surface area contributed by atoms with Crippen LogP contribution < -0.4 is 10.2 Å². The predicted molar refractivity (Wildman–Crippen MR) is 87.9 cm³/mol. The lowest BCUT2D eigenvalue weighted by atomic mass is 10.2. The highest BCUT2D eigenvalue weighted by atomic mass is 16.5. The number of hydrogen-bond donors (Lipinski definition) is 1. The minimum absolute atomic E-state index is 0.0999. The minimum Gasteiger partial charge on any atom is -0.367 e. The van der Waals surface area contributed by atoms with Gasteiger partial charge in [0.25, 0.3) is 5.91 Å². The fraction of sp³-hybridized carbons (Fsp3) is 0.375. The van der Waals surface area contributed by atoms with Crippen molar-refractivity contribution in [3.8, 4) is 0 Å². The lowest BCUT2D eigenvalue weighted by molar-refractivity contribution is -0.129. The number of aryl methyl sites for hydroxylation is 1. The molecule has 3 heterocycles. The van der Waals surface area contributed by atoms with Gasteiger partial charge in [-0.05, 0) is 19.1 Å². The lowest BCUT2D eigenvalue weighted by Crippen LogP contribution is -2.48. The first-order chi connectivity index (χ1) is 11.5. The molecule has 1 aliphatic heterocycles. The zero-order valence-corrected chi connectivity index (χ0v) is 13.7. The number of carbonyl (C=O) groups is 2. The van der Waals surface area contributed by atoms with Crippen LogP contribution in [0.25, 0.3) is 0 Å². The molecule has 0 saturated carbocycles. The summed E-state index contributed by atoms with van der Waals surface area (Å²) in [6.07, 6.45) is 1.67. The fourth-order valence-electron chi connectivity index (χ4n) is 2.59. The highest BCUT2D eigenvalue weighted by Gasteiger charge is 2.19. The second-order valence-corrected chi connectivity index (χ2v) is 5.67. The van der Waals surface area contributed by atoms with Gasteiger partial charge in [0.15, 0.2) is 5.82 Å². The molecule has 1 saturated heterocycles. The number of nitrogens with one attached hydrogen (secondary N) is 1. The van der Waals surface area contributed by atoms with Gasteiger partial charge in [0.05, 0.1) is 11.9 Å². The maximum Gasteiger partial charge on any atom is 0.275 e. The highest BCUT2D eigenvalue weighted by Crippen LogP contribution is 2.16. The van der Waals surface area contributed by atoms with Crippen LogP contribution in [0, 0.1) is 6.92 Å². The van der Waals surface area contributed by atoms with Crippen molar-refractivity contribution in [1.82, 2.24) is 15.0 Å². The van der Waals surface area contributed by atoms with E-state index in [1.807, 2.05) is 11.0 Å². The van der Waals surface area contributed by atoms with Gasteiger partial charge in [-0.3, -0.25) is 9.59 Å². The first kappa shape index (κ1) is 16.0. The van der Waals surface area contributed by atoms with Gasteiger partial charge in [0.1, 0.15) is 11.5 Å². The van der Waals surface area contributed by atoms with Crippen molar-refractivity contribution in [2.24, 2.45) is 0 Å². The Morgan fingerprint density at radius 1 is 1.21 bits per heavy atom. The molecule has 0 bridgehead atoms. The SMILES string of the molecule is CC(=O)N1CCN(c2ccc(C(=O)Nc3cc(C)on3)nc2)CC1. The molecule has 0 spiro atoms. The van der Waals surface area contributed by atoms with Crippen LogP contribution in [0.5, 0.6) is 0 Å². The van der Waals surface area contributed by atoms with Gasteiger partial charge in [0, 0.05) is 39.2 Å². The maximum absolute atomic E-state index is 12.1. The van der Waals surface area contributed by atoms with E-state index in [4.69, 9.17) is 4.52 Å². The van der Waals surface area contributed by atoms with Crippen molar-refractivity contribution in [3.63, 3.8) is 0 Å². The Hall–Kier alpha value is -2.90. The third-order valence-electron chi connectivity index (χ3n) is 3.94. The molecule has 2 aromatic heterocycles. The molecule has 24 heavy (non-hydrogen) atoms. The molecule has 3 rings (SSSR count). The number of aromatic nitrogens is 2. The molecule has 8 heteroatoms. The summed E-state index contributed by atoms with van der Waals surface area (Å²) in [7, 11) is 0. The topological polar surface area (TPSA) is 91.6 Å². The number of anilines is 2. The zero-order chi connectivity index (χ0) is 17.1. The van der Waals surface area contributed by atoms with Gasteiger partial charge < -0.3 is 19.6 Å². The summed E-state index contributed by atoms with van der Waals surface area (Å²) in [6.45, 7) is 6.24. The molecule has 8 nitrogen and oxygen atoms in total. The second kappa shape index (κ2) is 6.69. The summed E-state index contributed by atoms with van der Waals surface area (Å²) in [6, 6.07) is 5.18. The normalized spacial score (nSPS) is 14.6. The molecule has 0 unspecified atom stereocenters. The van der Waals surface area contributed by atoms with Crippen molar-refractivity contribution < 1.29 is 14.1 Å². The molecule has 0 aliphatic carbocycles. The molecule has 0 aromatic carbocycles. The largest absolute Gasteiger partial charge is 0.367 e. The summed E-state index contributed by atoms with van der Waals surface area (Å²) in [4.78, 5) is 31.7. The second-order valence-electron chi connectivity index (χ2n) is 5.67. The number of carbonyl (C=O) groups excluding carboxylic acids is 2. The minimum atomic E-state index is -0.337. The fourth-order valence-corrected chi connectivity index (χ4v) is 2.59. The van der Waals surface area contributed by atoms with Gasteiger partial charge in [-0.15, -0.1) is 0 Å². The summed E-state index contributed by atoms with van der Waals surface area (Å²) >= 11 is 0. The summed E-state index contributed by atoms with van der Waals surface area (Å²) in [5.41, 5.74) is 1.24. The number of rotatable bonds is 3. The van der Waals surface area contributed by atoms with Crippen molar-refractivity contribution in [3.05, 3.63) is 35.9 Å². The number of pyridine rings is 1. The lowest BCUT2D eigenvalue weighted by Gasteiger charge is -2.35. The van der Waals surface area contributed by atoms with Gasteiger partial charge >= 0.3 is 0 Å². The average Bonchev–Trinajstić information content (AvgIpc) is 3.00. The van der Waals surface area contributed by atoms with Gasteiger partial charge in [0.2, 0.25) is 5.91 Å². The van der Waals surface area contributed by atoms with Crippen LogP contribution >= 0.6 is 0 Å². The van der Waals surface area contributed by atoms with E-state index >= 15 is 0 Å². The van der Waals surface area contributed by atoms with Crippen molar-refractivity contribution in [1.29, 1.82) is 0 Å². The van der Waals surface area contributed by atoms with Crippen LogP contribution in [0.1, 0.15) is 23.2 Å². The van der Waals surface area contributed by atoms with E-state index < -0.39 is 0 Å². The van der Waals surface area contributed by atoms with Crippen LogP contribution in [0.4, 0.5) is 11.5 Å². The summed E-state index contributed by atoms with van der Waals surface area (Å²) < 4.78 is 4.91. The molecule has 1 N–H and O–H groups in total. The van der Waals surface area contributed by atoms with Gasteiger partial charge in [-0.1, -0.05) is 5.16 Å². The van der Waals surface area contributed by atoms with Crippen molar-refractivity contribution in [2.75, 3.05) is 36.4 Å². The molecular formula is C16H19N5O3. The molecule has 1 aliphatic rings. The summed E-state index contributed by atoms with van der Waals surface area (Å²) in [5.74, 6) is 0.751. The zero-order valence-electron chi connectivity index (χ0n) is 13.7. The molecule has 0 atom stereocenters. The van der Waals surface area contributed by atoms with E-state index in [1.165, 1.54) is 0 Å². The monoisotopic (exact) mass is 329 g/mol. The number of nitrogens with zero attached hydrogens (tertiary/aromatic N) is 4. The highest BCUT2D eigenvalue weighted by molar-refractivity contribution is 6.02. The van der Waals surface area contributed by atoms with Crippen LogP contribution in [0.3, 0.4) is 0 Å². The van der Waals surface area contributed by atoms with E-state index in [1.54, 1.807) is 32.2 Å². The number of amides is 2. The Balaban J connectivity index is 1.61. The van der Waals surface area contributed by atoms with E-state index in [-0.39, 0.29) is 11.8 Å². The van der Waals surface area contributed by atoms with Crippen LogP contribution in [-0.2, 0) is 4.79 Å². The standard InChI is InChI=1S/C16H19N5O3/c1-11-9-15(19-24-11)18-16(23)14-4-3-13(10-17-14)21-7-5-20(6-8-21)12(2)22/h3-4,9-10H,5-8H2,1-2H3,(H,18,19,23). The van der Waals surface area contributed by atoms with Crippen LogP contribution in [0.2, 0.25) is 0 Å². The van der Waals surface area contributed by atoms with E-state index in [0.717, 1.165) is 18.8 Å². The molecule has 126 valence electrons. The Kier molecular flexibility index (Phi) is 4.45. The number of piperazine rings is 1. The Morgan fingerprint density at radius 2 is 1.96 bits per heavy atom. The Labute approximate surface area is 139 Å². The van der Waals surface area contributed by atoms with E-state index in [2.05, 4.69) is 20.4 Å². The summed E-state index contributed by atoms with van der Waals surface area (Å²) in [5, 5.41) is 6.35. The Bertz CT molecular complexity index is 732. The third kappa shape index (κ3) is 3.53. The molecule has 2 aromatic rings. The first-order valence-electron chi connectivity index (χ1n) is 7.74. The molecular weight excluding hydrogens is 310 g/mol. The first-order valence-corrected chi connectivity index (χ1v) is 7.74. The molecule has 0 radical (unpaired) electrons. The van der Waals surface area contributed by atoms with Gasteiger partial charge in [-0.25, -0.2) is 4.98 Å². The van der Waals surface area contributed by atoms with E-state index in [9.17, 15) is 9.59 Å². The smallest absolute Gasteiger partial charge is 0.275 e. The van der Waals surface area contributed by atoms with Crippen molar-refractivity contribution >= 4 is 23.3 Å². The molecule has 2 amide bonds.